The molecule has 2 atom stereocenters. The first-order valence-corrected chi connectivity index (χ1v) is 5.91. The molecule has 0 aliphatic carbocycles. The summed E-state index contributed by atoms with van der Waals surface area (Å²) in [6, 6.07) is 0. The lowest BCUT2D eigenvalue weighted by Gasteiger charge is -2.12. The lowest BCUT2D eigenvalue weighted by atomic mass is 10.2. The van der Waals surface area contributed by atoms with Gasteiger partial charge in [0.1, 0.15) is 13.2 Å². The topological polar surface area (TPSA) is 88.1 Å². The second-order valence-electron chi connectivity index (χ2n) is 3.08. The highest BCUT2D eigenvalue weighted by Crippen LogP contribution is 2.20. The first-order chi connectivity index (χ1) is 8.60. The zero-order valence-corrected chi connectivity index (χ0v) is 10.2. The van der Waals surface area contributed by atoms with E-state index in [1.165, 1.54) is 12.2 Å². The summed E-state index contributed by atoms with van der Waals surface area (Å²) in [4.78, 5) is 23.0. The van der Waals surface area contributed by atoms with Crippen LogP contribution in [0.1, 0.15) is 0 Å². The zero-order valence-electron chi connectivity index (χ0n) is 9.40. The smallest absolute Gasteiger partial charge is 0.340 e. The van der Waals surface area contributed by atoms with Gasteiger partial charge in [-0.1, -0.05) is 25.3 Å². The van der Waals surface area contributed by atoms with E-state index in [4.69, 9.17) is 0 Å². The Morgan fingerprint density at radius 1 is 1.06 bits per heavy atom. The van der Waals surface area contributed by atoms with Crippen molar-refractivity contribution >= 4 is 23.3 Å². The van der Waals surface area contributed by atoms with Gasteiger partial charge in [-0.05, 0) is 0 Å². The van der Waals surface area contributed by atoms with Crippen molar-refractivity contribution in [3.05, 3.63) is 25.3 Å². The largest absolute Gasteiger partial charge is 0.459 e. The quantitative estimate of drug-likeness (QED) is 0.490. The Balaban J connectivity index is 2.66. The first kappa shape index (κ1) is 14.6. The van der Waals surface area contributed by atoms with Crippen LogP contribution in [0.3, 0.4) is 0 Å². The van der Waals surface area contributed by atoms with Crippen LogP contribution in [-0.4, -0.2) is 41.6 Å². The minimum Gasteiger partial charge on any atom is -0.459 e. The van der Waals surface area contributed by atoms with Crippen molar-refractivity contribution < 1.29 is 31.6 Å². The number of esters is 2. The number of hydrogen-bond acceptors (Lipinski definition) is 7. The molecule has 1 fully saturated rings. The lowest BCUT2D eigenvalue weighted by Crippen LogP contribution is -2.39. The minimum atomic E-state index is -2.19. The van der Waals surface area contributed by atoms with Gasteiger partial charge in [-0.25, -0.2) is 18.0 Å². The molecule has 8 heteroatoms. The highest BCUT2D eigenvalue weighted by Gasteiger charge is 2.47. The summed E-state index contributed by atoms with van der Waals surface area (Å²) in [6.45, 7) is 6.60. The van der Waals surface area contributed by atoms with Crippen molar-refractivity contribution in [1.29, 1.82) is 0 Å². The molecule has 0 aromatic carbocycles. The molecule has 0 aromatic rings. The van der Waals surface area contributed by atoms with Gasteiger partial charge in [-0.2, -0.15) is 4.21 Å². The highest BCUT2D eigenvalue weighted by molar-refractivity contribution is 7.75. The van der Waals surface area contributed by atoms with E-state index in [1.807, 2.05) is 0 Å². The van der Waals surface area contributed by atoms with Crippen LogP contribution < -0.4 is 0 Å². The Morgan fingerprint density at radius 2 is 1.44 bits per heavy atom. The molecule has 0 bridgehead atoms. The maximum Gasteiger partial charge on any atom is 0.340 e. The van der Waals surface area contributed by atoms with E-state index in [2.05, 4.69) is 31.0 Å². The summed E-state index contributed by atoms with van der Waals surface area (Å²) >= 11 is -2.19. The van der Waals surface area contributed by atoms with Crippen LogP contribution in [0.4, 0.5) is 0 Å². The Labute approximate surface area is 106 Å². The molecule has 1 aliphatic rings. The van der Waals surface area contributed by atoms with Crippen molar-refractivity contribution in [3.8, 4) is 0 Å². The summed E-state index contributed by atoms with van der Waals surface area (Å²) < 4.78 is 29.7. The van der Waals surface area contributed by atoms with Gasteiger partial charge in [-0.15, -0.1) is 0 Å². The predicted octanol–water partition coefficient (Wildman–Crippen LogP) is -0.193. The van der Waals surface area contributed by atoms with Crippen LogP contribution in [0.15, 0.2) is 25.3 Å². The number of hydrogen-bond donors (Lipinski definition) is 0. The van der Waals surface area contributed by atoms with Crippen LogP contribution in [0.25, 0.3) is 0 Å². The predicted molar refractivity (Wildman–Crippen MR) is 60.2 cm³/mol. The lowest BCUT2D eigenvalue weighted by molar-refractivity contribution is -0.162. The number of ether oxygens (including phenoxy) is 2. The standard InChI is InChI=1S/C10H12O7S/c1-3-5-14-9(11)7-8(17-18(13)16-7)10(12)15-6-4-2/h3-4,7-8H,1-2,5-6H2. The van der Waals surface area contributed by atoms with Crippen LogP contribution >= 0.6 is 0 Å². The van der Waals surface area contributed by atoms with E-state index >= 15 is 0 Å². The summed E-state index contributed by atoms with van der Waals surface area (Å²) in [7, 11) is 0. The Hall–Kier alpha value is -1.51. The molecule has 1 saturated heterocycles. The Morgan fingerprint density at radius 3 is 1.78 bits per heavy atom. The van der Waals surface area contributed by atoms with Crippen molar-refractivity contribution in [1.82, 2.24) is 0 Å². The van der Waals surface area contributed by atoms with Gasteiger partial charge < -0.3 is 9.47 Å². The molecule has 1 heterocycles. The van der Waals surface area contributed by atoms with E-state index in [0.29, 0.717) is 0 Å². The maximum absolute atomic E-state index is 11.5. The molecule has 0 aromatic heterocycles. The number of carbonyl (C=O) groups is 2. The van der Waals surface area contributed by atoms with Crippen LogP contribution in [0, 0.1) is 0 Å². The minimum absolute atomic E-state index is 0.0558. The van der Waals surface area contributed by atoms with Gasteiger partial charge in [0, 0.05) is 0 Å². The van der Waals surface area contributed by atoms with Gasteiger partial charge in [0.15, 0.2) is 0 Å². The molecule has 0 saturated carbocycles. The summed E-state index contributed by atoms with van der Waals surface area (Å²) in [5.41, 5.74) is 0. The SMILES string of the molecule is C=CCOC(=O)C1OS(=O)OC1C(=O)OCC=C. The van der Waals surface area contributed by atoms with Gasteiger partial charge in [0.05, 0.1) is 0 Å². The maximum atomic E-state index is 11.5. The molecular formula is C10H12O7S. The number of carbonyl (C=O) groups excluding carboxylic acids is 2. The Bertz CT molecular complexity index is 344. The molecule has 100 valence electrons. The van der Waals surface area contributed by atoms with Crippen molar-refractivity contribution in [2.45, 2.75) is 12.2 Å². The van der Waals surface area contributed by atoms with Crippen LogP contribution in [0.2, 0.25) is 0 Å². The molecule has 0 amide bonds. The molecule has 0 radical (unpaired) electrons. The van der Waals surface area contributed by atoms with E-state index < -0.39 is 35.5 Å². The van der Waals surface area contributed by atoms with Crippen molar-refractivity contribution in [2.75, 3.05) is 13.2 Å². The molecule has 1 aliphatic heterocycles. The third-order valence-electron chi connectivity index (χ3n) is 1.79. The molecule has 7 nitrogen and oxygen atoms in total. The van der Waals surface area contributed by atoms with E-state index in [-0.39, 0.29) is 13.2 Å². The summed E-state index contributed by atoms with van der Waals surface area (Å²) in [6.07, 6.45) is -0.142. The summed E-state index contributed by atoms with van der Waals surface area (Å²) in [5, 5.41) is 0. The monoisotopic (exact) mass is 276 g/mol. The zero-order chi connectivity index (χ0) is 13.5. The Kier molecular flexibility index (Phi) is 5.69. The second kappa shape index (κ2) is 7.04. The number of rotatable bonds is 6. The van der Waals surface area contributed by atoms with E-state index in [1.54, 1.807) is 0 Å². The normalized spacial score (nSPS) is 26.3. The fourth-order valence-electron chi connectivity index (χ4n) is 1.07. The van der Waals surface area contributed by atoms with Gasteiger partial charge in [0.25, 0.3) is 0 Å². The van der Waals surface area contributed by atoms with Gasteiger partial charge >= 0.3 is 23.3 Å². The van der Waals surface area contributed by atoms with E-state index in [0.717, 1.165) is 0 Å². The second-order valence-corrected chi connectivity index (χ2v) is 3.87. The molecule has 0 N–H and O–H groups in total. The van der Waals surface area contributed by atoms with E-state index in [9.17, 15) is 13.8 Å². The van der Waals surface area contributed by atoms with Crippen LogP contribution in [0.5, 0.6) is 0 Å². The average Bonchev–Trinajstić information content (AvgIpc) is 2.75. The third-order valence-corrected chi connectivity index (χ3v) is 2.52. The van der Waals surface area contributed by atoms with Crippen molar-refractivity contribution in [3.63, 3.8) is 0 Å². The molecule has 2 unspecified atom stereocenters. The van der Waals surface area contributed by atoms with Gasteiger partial charge in [-0.3, -0.25) is 0 Å². The fourth-order valence-corrected chi connectivity index (χ4v) is 1.81. The fraction of sp³-hybridized carbons (Fsp3) is 0.400. The van der Waals surface area contributed by atoms with Gasteiger partial charge in [0.2, 0.25) is 12.2 Å². The molecule has 0 spiro atoms. The first-order valence-electron chi connectivity index (χ1n) is 4.91. The highest BCUT2D eigenvalue weighted by atomic mass is 32.2. The molecular weight excluding hydrogens is 264 g/mol. The van der Waals surface area contributed by atoms with Crippen LogP contribution in [-0.2, 0) is 38.8 Å². The third kappa shape index (κ3) is 3.76. The molecule has 1 rings (SSSR count). The molecule has 18 heavy (non-hydrogen) atoms. The average molecular weight is 276 g/mol. The summed E-state index contributed by atoms with van der Waals surface area (Å²) in [5.74, 6) is -1.75. The van der Waals surface area contributed by atoms with Crippen molar-refractivity contribution in [2.24, 2.45) is 0 Å².